The minimum absolute atomic E-state index is 0.0256. The zero-order valence-corrected chi connectivity index (χ0v) is 19.6. The number of carbonyl (C=O) groups excluding carboxylic acids is 2. The average molecular weight is 467 g/mol. The van der Waals surface area contributed by atoms with Gasteiger partial charge in [-0.1, -0.05) is 12.1 Å². The lowest BCUT2D eigenvalue weighted by Crippen LogP contribution is -2.51. The molecule has 2 amide bonds. The molecular formula is C24H26N4O4S. The third-order valence-corrected chi connectivity index (χ3v) is 6.77. The fraction of sp³-hybridized carbons (Fsp3) is 0.417. The second-order valence-corrected chi connectivity index (χ2v) is 9.01. The van der Waals surface area contributed by atoms with Gasteiger partial charge < -0.3 is 19.3 Å². The summed E-state index contributed by atoms with van der Waals surface area (Å²) < 4.78 is 10.8. The highest BCUT2D eigenvalue weighted by molar-refractivity contribution is 7.80. The van der Waals surface area contributed by atoms with Crippen molar-refractivity contribution in [3.05, 3.63) is 53.0 Å². The minimum atomic E-state index is -0.562. The highest BCUT2D eigenvalue weighted by Gasteiger charge is 2.38. The molecule has 0 saturated carbocycles. The number of amides is 2. The van der Waals surface area contributed by atoms with Crippen molar-refractivity contribution in [1.82, 2.24) is 9.80 Å². The van der Waals surface area contributed by atoms with Gasteiger partial charge >= 0.3 is 0 Å². The van der Waals surface area contributed by atoms with E-state index in [4.69, 9.17) is 21.7 Å². The zero-order valence-electron chi connectivity index (χ0n) is 18.7. The molecule has 172 valence electrons. The number of rotatable bonds is 4. The van der Waals surface area contributed by atoms with Gasteiger partial charge in [-0.3, -0.25) is 14.5 Å². The number of thiocarbonyl (C=S) groups is 1. The van der Waals surface area contributed by atoms with Crippen molar-refractivity contribution >= 4 is 40.5 Å². The van der Waals surface area contributed by atoms with Crippen LogP contribution in [0.4, 0.5) is 5.69 Å². The normalized spacial score (nSPS) is 22.1. The van der Waals surface area contributed by atoms with Crippen LogP contribution in [0.15, 0.2) is 46.9 Å². The maximum Gasteiger partial charge on any atom is 0.241 e. The van der Waals surface area contributed by atoms with Gasteiger partial charge in [0.2, 0.25) is 23.7 Å². The monoisotopic (exact) mass is 466 g/mol. The van der Waals surface area contributed by atoms with Crippen LogP contribution in [0.3, 0.4) is 0 Å². The van der Waals surface area contributed by atoms with Crippen LogP contribution >= 0.6 is 12.2 Å². The molecule has 2 fully saturated rings. The molecule has 1 aliphatic carbocycles. The number of ether oxygens (including phenoxy) is 2. The molecule has 3 heterocycles. The van der Waals surface area contributed by atoms with Crippen molar-refractivity contribution in [2.45, 2.75) is 20.3 Å². The van der Waals surface area contributed by atoms with Gasteiger partial charge in [0.1, 0.15) is 5.92 Å². The largest absolute Gasteiger partial charge is 0.454 e. The standard InChI is InChI=1S/C24H26N4O4S/c1-15-3-4-16(2)19(11-15)26-7-9-27(10-8-26)22(29)5-6-28-23(30)17-12-20-21(32-14-31-20)13-18(17)25-24(28)33/h3-4,11-13,17H,5-10,14H2,1-2H3. The molecule has 3 aliphatic heterocycles. The first-order valence-electron chi connectivity index (χ1n) is 11.1. The molecule has 1 aromatic rings. The lowest BCUT2D eigenvalue weighted by Gasteiger charge is -2.37. The number of piperazine rings is 1. The molecule has 9 heteroatoms. The lowest BCUT2D eigenvalue weighted by atomic mass is 9.94. The summed E-state index contributed by atoms with van der Waals surface area (Å²) in [6.07, 6.45) is 3.63. The number of allylic oxidation sites excluding steroid dienone is 1. The van der Waals surface area contributed by atoms with E-state index < -0.39 is 5.92 Å². The molecular weight excluding hydrogens is 440 g/mol. The molecule has 0 spiro atoms. The van der Waals surface area contributed by atoms with Gasteiger partial charge in [0.05, 0.1) is 5.71 Å². The number of hydrogen-bond donors (Lipinski definition) is 0. The number of hydrogen-bond acceptors (Lipinski definition) is 6. The summed E-state index contributed by atoms with van der Waals surface area (Å²) in [4.78, 5) is 36.0. The van der Waals surface area contributed by atoms with Gasteiger partial charge in [0.15, 0.2) is 11.5 Å². The fourth-order valence-electron chi connectivity index (χ4n) is 4.56. The Morgan fingerprint density at radius 2 is 1.91 bits per heavy atom. The Balaban J connectivity index is 1.18. The number of nitrogens with zero attached hydrogens (tertiary/aromatic N) is 4. The predicted octanol–water partition coefficient (Wildman–Crippen LogP) is 2.31. The maximum absolute atomic E-state index is 13.1. The number of aliphatic imine (C=N–C) groups is 1. The second kappa shape index (κ2) is 8.62. The maximum atomic E-state index is 13.1. The van der Waals surface area contributed by atoms with E-state index in [-0.39, 0.29) is 36.7 Å². The first kappa shape index (κ1) is 21.6. The highest BCUT2D eigenvalue weighted by Crippen LogP contribution is 2.31. The molecule has 4 aliphatic rings. The van der Waals surface area contributed by atoms with Crippen molar-refractivity contribution in [2.24, 2.45) is 10.9 Å². The van der Waals surface area contributed by atoms with Crippen molar-refractivity contribution in [3.8, 4) is 0 Å². The van der Waals surface area contributed by atoms with E-state index in [9.17, 15) is 9.59 Å². The Labute approximate surface area is 198 Å². The van der Waals surface area contributed by atoms with Crippen molar-refractivity contribution < 1.29 is 19.1 Å². The van der Waals surface area contributed by atoms with E-state index in [1.165, 1.54) is 21.7 Å². The SMILES string of the molecule is Cc1ccc(C)c(N2CCN(C(=O)CCN3C(=O)C4C=C5OCOC5=CC4=NC3=S)CC2)c1. The van der Waals surface area contributed by atoms with Crippen molar-refractivity contribution in [3.63, 3.8) is 0 Å². The third-order valence-electron chi connectivity index (χ3n) is 6.46. The molecule has 5 rings (SSSR count). The zero-order chi connectivity index (χ0) is 23.1. The Morgan fingerprint density at radius 3 is 2.70 bits per heavy atom. The highest BCUT2D eigenvalue weighted by atomic mass is 32.1. The summed E-state index contributed by atoms with van der Waals surface area (Å²) in [5.41, 5.74) is 4.26. The van der Waals surface area contributed by atoms with Crippen LogP contribution in [0, 0.1) is 19.8 Å². The van der Waals surface area contributed by atoms with Crippen LogP contribution in [-0.2, 0) is 19.1 Å². The fourth-order valence-corrected chi connectivity index (χ4v) is 4.85. The molecule has 33 heavy (non-hydrogen) atoms. The minimum Gasteiger partial charge on any atom is -0.454 e. The molecule has 0 N–H and O–H groups in total. The van der Waals surface area contributed by atoms with Crippen molar-refractivity contribution in [1.29, 1.82) is 0 Å². The third kappa shape index (κ3) is 4.13. The van der Waals surface area contributed by atoms with Gasteiger partial charge in [-0.05, 0) is 49.3 Å². The molecule has 1 aromatic carbocycles. The summed E-state index contributed by atoms with van der Waals surface area (Å²) in [5.74, 6) is 0.406. The lowest BCUT2D eigenvalue weighted by molar-refractivity contribution is -0.133. The van der Waals surface area contributed by atoms with Crippen molar-refractivity contribution in [2.75, 3.05) is 44.4 Å². The molecule has 8 nitrogen and oxygen atoms in total. The van der Waals surface area contributed by atoms with Crippen LogP contribution in [0.5, 0.6) is 0 Å². The van der Waals surface area contributed by atoms with E-state index in [1.54, 1.807) is 12.2 Å². The summed E-state index contributed by atoms with van der Waals surface area (Å²) >= 11 is 5.36. The van der Waals surface area contributed by atoms with E-state index in [1.807, 2.05) is 4.90 Å². The van der Waals surface area contributed by atoms with Gasteiger partial charge in [-0.15, -0.1) is 0 Å². The Hall–Kier alpha value is -3.20. The smallest absolute Gasteiger partial charge is 0.241 e. The summed E-state index contributed by atoms with van der Waals surface area (Å²) in [6, 6.07) is 6.46. The number of aryl methyl sites for hydroxylation is 2. The molecule has 0 radical (unpaired) electrons. The van der Waals surface area contributed by atoms with E-state index >= 15 is 0 Å². The predicted molar refractivity (Wildman–Crippen MR) is 128 cm³/mol. The van der Waals surface area contributed by atoms with Crippen LogP contribution in [0.2, 0.25) is 0 Å². The first-order valence-corrected chi connectivity index (χ1v) is 11.5. The van der Waals surface area contributed by atoms with Crippen LogP contribution in [0.25, 0.3) is 0 Å². The number of benzene rings is 1. The van der Waals surface area contributed by atoms with Gasteiger partial charge in [0, 0.05) is 50.9 Å². The quantitative estimate of drug-likeness (QED) is 0.634. The molecule has 0 bridgehead atoms. The summed E-state index contributed by atoms with van der Waals surface area (Å²) in [7, 11) is 0. The molecule has 0 aromatic heterocycles. The van der Waals surface area contributed by atoms with Gasteiger partial charge in [-0.25, -0.2) is 4.99 Å². The molecule has 1 unspecified atom stereocenters. The Bertz CT molecular complexity index is 1120. The Morgan fingerprint density at radius 1 is 1.15 bits per heavy atom. The summed E-state index contributed by atoms with van der Waals surface area (Å²) in [6.45, 7) is 7.45. The van der Waals surface area contributed by atoms with Gasteiger partial charge in [-0.2, -0.15) is 0 Å². The average Bonchev–Trinajstić information content (AvgIpc) is 3.27. The number of carbonyl (C=O) groups is 2. The van der Waals surface area contributed by atoms with E-state index in [2.05, 4.69) is 41.9 Å². The molecule has 1 atom stereocenters. The number of fused-ring (bicyclic) bond motifs is 2. The van der Waals surface area contributed by atoms with E-state index in [0.29, 0.717) is 30.3 Å². The first-order chi connectivity index (χ1) is 15.9. The second-order valence-electron chi connectivity index (χ2n) is 8.64. The van der Waals surface area contributed by atoms with Gasteiger partial charge in [0.25, 0.3) is 0 Å². The molecule has 2 saturated heterocycles. The van der Waals surface area contributed by atoms with E-state index in [0.717, 1.165) is 13.1 Å². The summed E-state index contributed by atoms with van der Waals surface area (Å²) in [5, 5.41) is 0.186. The Kier molecular flexibility index (Phi) is 5.65. The van der Waals surface area contributed by atoms with Crippen LogP contribution in [-0.4, -0.2) is 72.0 Å². The van der Waals surface area contributed by atoms with Crippen LogP contribution in [0.1, 0.15) is 17.5 Å². The number of anilines is 1. The van der Waals surface area contributed by atoms with Crippen LogP contribution < -0.4 is 4.90 Å². The topological polar surface area (TPSA) is 74.7 Å².